The van der Waals surface area contributed by atoms with Gasteiger partial charge in [0, 0.05) is 36.6 Å². The summed E-state index contributed by atoms with van der Waals surface area (Å²) in [7, 11) is 0. The van der Waals surface area contributed by atoms with Gasteiger partial charge in [-0.3, -0.25) is 14.6 Å². The van der Waals surface area contributed by atoms with Gasteiger partial charge < -0.3 is 9.63 Å². The second-order valence-electron chi connectivity index (χ2n) is 9.00. The van der Waals surface area contributed by atoms with Gasteiger partial charge >= 0.3 is 0 Å². The van der Waals surface area contributed by atoms with Crippen molar-refractivity contribution in [3.05, 3.63) is 57.1 Å². The molecule has 4 rings (SSSR count). The molecular weight excluding hydrogens is 460 g/mol. The number of aliphatic hydroxyl groups excluding tert-OH is 1. The van der Waals surface area contributed by atoms with Crippen molar-refractivity contribution in [1.82, 2.24) is 5.16 Å². The van der Waals surface area contributed by atoms with Crippen LogP contribution in [-0.2, 0) is 17.6 Å². The Morgan fingerprint density at radius 3 is 2.65 bits per heavy atom. The summed E-state index contributed by atoms with van der Waals surface area (Å²) in [6, 6.07) is 7.52. The molecule has 1 saturated carbocycles. The number of nitrogens with zero attached hydrogens (tertiary/aromatic N) is 2. The molecule has 0 saturated heterocycles. The van der Waals surface area contributed by atoms with E-state index in [1.165, 1.54) is 0 Å². The van der Waals surface area contributed by atoms with Crippen LogP contribution in [0.15, 0.2) is 49.6 Å². The van der Waals surface area contributed by atoms with Crippen molar-refractivity contribution in [2.24, 2.45) is 10.4 Å². The summed E-state index contributed by atoms with van der Waals surface area (Å²) in [6.45, 7) is 4.06. The van der Waals surface area contributed by atoms with Gasteiger partial charge in [-0.25, -0.2) is 0 Å². The standard InChI is InChI=1S/C24H25BrN2O4/c1-24(2)12-17(26-15-8-6-14(25)7-9-15)22(20(30)13-24)19(29)11-10-16-23-18(28)4-3-5-21(23)31-27-16/h6-9,29H,3-5,10-13H2,1-2H3. The molecule has 0 unspecified atom stereocenters. The highest BCUT2D eigenvalue weighted by atomic mass is 79.9. The van der Waals surface area contributed by atoms with Crippen LogP contribution in [0.1, 0.15) is 67.8 Å². The maximum atomic E-state index is 13.0. The third-order valence-electron chi connectivity index (χ3n) is 5.75. The van der Waals surface area contributed by atoms with Crippen LogP contribution in [0.2, 0.25) is 0 Å². The summed E-state index contributed by atoms with van der Waals surface area (Å²) in [6.07, 6.45) is 3.45. The molecule has 0 spiro atoms. The highest BCUT2D eigenvalue weighted by molar-refractivity contribution is 9.10. The number of aromatic nitrogens is 1. The number of hydrogen-bond donors (Lipinski definition) is 1. The van der Waals surface area contributed by atoms with Crippen LogP contribution in [0, 0.1) is 5.41 Å². The Labute approximate surface area is 189 Å². The van der Waals surface area contributed by atoms with Crippen LogP contribution in [-0.4, -0.2) is 27.5 Å². The number of hydrogen-bond acceptors (Lipinski definition) is 6. The minimum atomic E-state index is -0.229. The van der Waals surface area contributed by atoms with E-state index in [9.17, 15) is 14.7 Å². The lowest BCUT2D eigenvalue weighted by atomic mass is 9.73. The monoisotopic (exact) mass is 484 g/mol. The van der Waals surface area contributed by atoms with E-state index in [1.54, 1.807) is 0 Å². The van der Waals surface area contributed by atoms with Gasteiger partial charge in [-0.05, 0) is 42.5 Å². The van der Waals surface area contributed by atoms with E-state index < -0.39 is 0 Å². The first kappa shape index (κ1) is 21.7. The van der Waals surface area contributed by atoms with Gasteiger partial charge in [0.05, 0.1) is 28.2 Å². The molecule has 0 radical (unpaired) electrons. The maximum absolute atomic E-state index is 13.0. The highest BCUT2D eigenvalue weighted by Crippen LogP contribution is 2.37. The molecule has 2 aliphatic carbocycles. The molecule has 1 aromatic heterocycles. The van der Waals surface area contributed by atoms with Crippen LogP contribution < -0.4 is 0 Å². The molecule has 31 heavy (non-hydrogen) atoms. The van der Waals surface area contributed by atoms with E-state index in [4.69, 9.17) is 9.52 Å². The van der Waals surface area contributed by atoms with Crippen molar-refractivity contribution < 1.29 is 19.2 Å². The molecule has 2 aliphatic rings. The molecule has 2 aromatic rings. The SMILES string of the molecule is CC1(C)CC(=O)C(=C(O)CCc2noc3c2C(=O)CCC3)C(=Nc2ccc(Br)cc2)C1. The minimum Gasteiger partial charge on any atom is -0.511 e. The number of rotatable bonds is 4. The van der Waals surface area contributed by atoms with Crippen LogP contribution in [0.4, 0.5) is 5.69 Å². The molecule has 6 nitrogen and oxygen atoms in total. The second kappa shape index (κ2) is 8.54. The van der Waals surface area contributed by atoms with E-state index in [1.807, 2.05) is 38.1 Å². The van der Waals surface area contributed by atoms with Gasteiger partial charge in [-0.1, -0.05) is 34.9 Å². The number of carbonyl (C=O) groups is 2. The Hall–Kier alpha value is -2.54. The number of fused-ring (bicyclic) bond motifs is 1. The van der Waals surface area contributed by atoms with E-state index >= 15 is 0 Å². The lowest BCUT2D eigenvalue weighted by molar-refractivity contribution is -0.117. The fraction of sp³-hybridized carbons (Fsp3) is 0.417. The Balaban J connectivity index is 1.64. The van der Waals surface area contributed by atoms with Gasteiger partial charge in [0.2, 0.25) is 0 Å². The molecular formula is C24H25BrN2O4. The molecule has 1 aromatic carbocycles. The normalized spacial score (nSPS) is 21.3. The predicted molar refractivity (Wildman–Crippen MR) is 121 cm³/mol. The van der Waals surface area contributed by atoms with Crippen LogP contribution >= 0.6 is 15.9 Å². The van der Waals surface area contributed by atoms with Crippen LogP contribution in [0.5, 0.6) is 0 Å². The zero-order valence-electron chi connectivity index (χ0n) is 17.7. The molecule has 7 heteroatoms. The first-order valence-corrected chi connectivity index (χ1v) is 11.3. The summed E-state index contributed by atoms with van der Waals surface area (Å²) in [5.74, 6) is 0.559. The lowest BCUT2D eigenvalue weighted by Gasteiger charge is -2.31. The maximum Gasteiger partial charge on any atom is 0.168 e. The van der Waals surface area contributed by atoms with Crippen LogP contribution in [0.3, 0.4) is 0 Å². The Morgan fingerprint density at radius 2 is 1.90 bits per heavy atom. The van der Waals surface area contributed by atoms with Crippen molar-refractivity contribution >= 4 is 38.9 Å². The molecule has 1 heterocycles. The number of aliphatic hydroxyl groups is 1. The number of aliphatic imine (C=N–C) groups is 1. The fourth-order valence-electron chi connectivity index (χ4n) is 4.30. The molecule has 1 fully saturated rings. The predicted octanol–water partition coefficient (Wildman–Crippen LogP) is 5.86. The highest BCUT2D eigenvalue weighted by Gasteiger charge is 2.36. The summed E-state index contributed by atoms with van der Waals surface area (Å²) in [5, 5.41) is 15.0. The average molecular weight is 485 g/mol. The summed E-state index contributed by atoms with van der Waals surface area (Å²) >= 11 is 3.41. The smallest absolute Gasteiger partial charge is 0.168 e. The second-order valence-corrected chi connectivity index (χ2v) is 9.92. The van der Waals surface area contributed by atoms with Gasteiger partial charge in [0.15, 0.2) is 11.6 Å². The summed E-state index contributed by atoms with van der Waals surface area (Å²) < 4.78 is 6.28. The average Bonchev–Trinajstić information content (AvgIpc) is 3.11. The summed E-state index contributed by atoms with van der Waals surface area (Å²) in [5.41, 5.74) is 2.51. The lowest BCUT2D eigenvalue weighted by Crippen LogP contribution is -2.32. The first-order chi connectivity index (χ1) is 14.7. The number of aryl methyl sites for hydroxylation is 2. The Bertz CT molecular complexity index is 1090. The number of carbonyl (C=O) groups excluding carboxylic acids is 2. The minimum absolute atomic E-state index is 0.00336. The van der Waals surface area contributed by atoms with Gasteiger partial charge in [-0.2, -0.15) is 0 Å². The van der Waals surface area contributed by atoms with Crippen molar-refractivity contribution in [3.63, 3.8) is 0 Å². The number of halogens is 1. The molecule has 0 aliphatic heterocycles. The van der Waals surface area contributed by atoms with Gasteiger partial charge in [0.1, 0.15) is 11.5 Å². The summed E-state index contributed by atoms with van der Waals surface area (Å²) in [4.78, 5) is 29.9. The first-order valence-electron chi connectivity index (χ1n) is 10.5. The zero-order chi connectivity index (χ0) is 22.2. The number of allylic oxidation sites excluding steroid dienone is 2. The molecule has 1 N–H and O–H groups in total. The van der Waals surface area contributed by atoms with E-state index in [0.717, 1.165) is 16.6 Å². The van der Waals surface area contributed by atoms with Crippen molar-refractivity contribution in [2.75, 3.05) is 0 Å². The van der Waals surface area contributed by atoms with E-state index in [2.05, 4.69) is 21.1 Å². The van der Waals surface area contributed by atoms with Gasteiger partial charge in [0.25, 0.3) is 0 Å². The topological polar surface area (TPSA) is 92.8 Å². The zero-order valence-corrected chi connectivity index (χ0v) is 19.3. The van der Waals surface area contributed by atoms with Crippen molar-refractivity contribution in [3.8, 4) is 0 Å². The quantitative estimate of drug-likeness (QED) is 0.433. The van der Waals surface area contributed by atoms with Crippen LogP contribution in [0.25, 0.3) is 0 Å². The van der Waals surface area contributed by atoms with Crippen molar-refractivity contribution in [1.29, 1.82) is 0 Å². The third kappa shape index (κ3) is 4.71. The van der Waals surface area contributed by atoms with Crippen molar-refractivity contribution in [2.45, 2.75) is 58.8 Å². The molecule has 0 bridgehead atoms. The fourth-order valence-corrected chi connectivity index (χ4v) is 4.56. The van der Waals surface area contributed by atoms with E-state index in [-0.39, 0.29) is 29.2 Å². The molecule has 0 atom stereocenters. The van der Waals surface area contributed by atoms with Gasteiger partial charge in [-0.15, -0.1) is 0 Å². The largest absolute Gasteiger partial charge is 0.511 e. The number of Topliss-reactive ketones (excluding diaryl/α,β-unsaturated/α-hetero) is 2. The Kier molecular flexibility index (Phi) is 5.97. The number of ketones is 2. The Morgan fingerprint density at radius 1 is 1.16 bits per heavy atom. The molecule has 0 amide bonds. The van der Waals surface area contributed by atoms with E-state index in [0.29, 0.717) is 60.4 Å². The third-order valence-corrected chi connectivity index (χ3v) is 6.28. The molecule has 162 valence electrons. The number of benzene rings is 1.